The van der Waals surface area contributed by atoms with E-state index in [4.69, 9.17) is 5.21 Å². The monoisotopic (exact) mass is 354 g/mol. The second kappa shape index (κ2) is 8.48. The molecule has 0 aliphatic carbocycles. The molecule has 0 radical (unpaired) electrons. The maximum absolute atomic E-state index is 11.4. The van der Waals surface area contributed by atoms with Crippen LogP contribution >= 0.6 is 11.3 Å². The Hall–Kier alpha value is -2.61. The van der Waals surface area contributed by atoms with Gasteiger partial charge in [0.15, 0.2) is 0 Å². The molecule has 3 aromatic heterocycles. The Labute approximate surface area is 149 Å². The first-order valence-electron chi connectivity index (χ1n) is 7.86. The molecule has 7 heteroatoms. The lowest BCUT2D eigenvalue weighted by molar-refractivity contribution is 0.0711. The first kappa shape index (κ1) is 17.2. The van der Waals surface area contributed by atoms with Crippen molar-refractivity contribution in [3.8, 4) is 10.6 Å². The lowest BCUT2D eigenvalue weighted by Gasteiger charge is -2.06. The lowest BCUT2D eigenvalue weighted by Crippen LogP contribution is -2.17. The molecule has 0 aliphatic heterocycles. The average Bonchev–Trinajstić information content (AvgIpc) is 3.16. The molecule has 0 saturated carbocycles. The minimum Gasteiger partial charge on any atom is -0.311 e. The van der Waals surface area contributed by atoms with E-state index in [2.05, 4.69) is 21.4 Å². The number of nitrogens with zero attached hydrogens (tertiary/aromatic N) is 2. The van der Waals surface area contributed by atoms with Crippen LogP contribution in [0.5, 0.6) is 0 Å². The van der Waals surface area contributed by atoms with Crippen LogP contribution in [-0.2, 0) is 13.0 Å². The molecule has 0 aromatic carbocycles. The van der Waals surface area contributed by atoms with Crippen molar-refractivity contribution in [2.45, 2.75) is 13.0 Å². The molecule has 1 amide bonds. The normalized spacial score (nSPS) is 10.6. The van der Waals surface area contributed by atoms with Crippen molar-refractivity contribution in [3.63, 3.8) is 0 Å². The number of hydroxylamine groups is 1. The summed E-state index contributed by atoms with van der Waals surface area (Å²) in [5, 5.41) is 12.1. The standard InChI is InChI=1S/C18H18N4O2S/c23-18(22-24)17-7-6-16(25-17)15-5-1-4-14(21-15)12-20-10-8-13-3-2-9-19-11-13/h1-7,9,11,20,24H,8,10,12H2,(H,22,23). The van der Waals surface area contributed by atoms with Gasteiger partial charge in [-0.1, -0.05) is 12.1 Å². The zero-order valence-electron chi connectivity index (χ0n) is 13.5. The summed E-state index contributed by atoms with van der Waals surface area (Å²) in [5.74, 6) is -0.510. The van der Waals surface area contributed by atoms with Crippen molar-refractivity contribution in [2.75, 3.05) is 6.54 Å². The van der Waals surface area contributed by atoms with Crippen LogP contribution in [0.2, 0.25) is 0 Å². The topological polar surface area (TPSA) is 87.1 Å². The minimum atomic E-state index is -0.510. The van der Waals surface area contributed by atoms with Gasteiger partial charge in [0.2, 0.25) is 0 Å². The number of hydrogen-bond acceptors (Lipinski definition) is 6. The summed E-state index contributed by atoms with van der Waals surface area (Å²) in [6.45, 7) is 1.51. The van der Waals surface area contributed by atoms with Gasteiger partial charge < -0.3 is 5.32 Å². The molecular weight excluding hydrogens is 336 g/mol. The van der Waals surface area contributed by atoms with Gasteiger partial charge in [-0.3, -0.25) is 20.0 Å². The average molecular weight is 354 g/mol. The van der Waals surface area contributed by atoms with Crippen molar-refractivity contribution in [2.24, 2.45) is 0 Å². The Balaban J connectivity index is 1.58. The maximum atomic E-state index is 11.4. The number of thiophene rings is 1. The number of rotatable bonds is 7. The maximum Gasteiger partial charge on any atom is 0.284 e. The molecular formula is C18H18N4O2S. The summed E-state index contributed by atoms with van der Waals surface area (Å²) < 4.78 is 0. The van der Waals surface area contributed by atoms with Crippen LogP contribution in [0.1, 0.15) is 20.9 Å². The molecule has 3 rings (SSSR count). The Morgan fingerprint density at radius 3 is 2.88 bits per heavy atom. The first-order chi connectivity index (χ1) is 12.3. The van der Waals surface area contributed by atoms with Crippen LogP contribution in [0.25, 0.3) is 10.6 Å². The molecule has 128 valence electrons. The molecule has 0 aliphatic rings. The third kappa shape index (κ3) is 4.69. The highest BCUT2D eigenvalue weighted by molar-refractivity contribution is 7.17. The van der Waals surface area contributed by atoms with Gasteiger partial charge in [-0.15, -0.1) is 11.3 Å². The van der Waals surface area contributed by atoms with Gasteiger partial charge >= 0.3 is 0 Å². The van der Waals surface area contributed by atoms with Crippen LogP contribution in [0.4, 0.5) is 0 Å². The van der Waals surface area contributed by atoms with Gasteiger partial charge in [-0.25, -0.2) is 5.48 Å². The summed E-state index contributed by atoms with van der Waals surface area (Å²) >= 11 is 1.29. The van der Waals surface area contributed by atoms with E-state index in [1.54, 1.807) is 17.7 Å². The Bertz CT molecular complexity index is 836. The fraction of sp³-hybridized carbons (Fsp3) is 0.167. The van der Waals surface area contributed by atoms with Gasteiger partial charge in [0.25, 0.3) is 5.91 Å². The van der Waals surface area contributed by atoms with E-state index >= 15 is 0 Å². The van der Waals surface area contributed by atoms with Gasteiger partial charge in [0, 0.05) is 18.9 Å². The summed E-state index contributed by atoms with van der Waals surface area (Å²) in [7, 11) is 0. The number of carbonyl (C=O) groups is 1. The quantitative estimate of drug-likeness (QED) is 0.345. The third-order valence-electron chi connectivity index (χ3n) is 3.61. The summed E-state index contributed by atoms with van der Waals surface area (Å²) in [6.07, 6.45) is 4.56. The second-order valence-electron chi connectivity index (χ2n) is 5.41. The van der Waals surface area contributed by atoms with E-state index in [-0.39, 0.29) is 0 Å². The van der Waals surface area contributed by atoms with Crippen LogP contribution in [0, 0.1) is 0 Å². The number of hydrogen-bond donors (Lipinski definition) is 3. The Kier molecular flexibility index (Phi) is 5.84. The van der Waals surface area contributed by atoms with E-state index in [9.17, 15) is 4.79 Å². The van der Waals surface area contributed by atoms with Gasteiger partial charge in [-0.05, 0) is 48.9 Å². The number of pyridine rings is 2. The minimum absolute atomic E-state index is 0.444. The Morgan fingerprint density at radius 2 is 2.08 bits per heavy atom. The van der Waals surface area contributed by atoms with Gasteiger partial charge in [-0.2, -0.15) is 0 Å². The van der Waals surface area contributed by atoms with Crippen molar-refractivity contribution >= 4 is 17.2 Å². The predicted molar refractivity (Wildman–Crippen MR) is 96.5 cm³/mol. The molecule has 6 nitrogen and oxygen atoms in total. The molecule has 0 atom stereocenters. The molecule has 0 saturated heterocycles. The Morgan fingerprint density at radius 1 is 1.16 bits per heavy atom. The lowest BCUT2D eigenvalue weighted by atomic mass is 10.2. The van der Waals surface area contributed by atoms with E-state index in [1.807, 2.05) is 36.5 Å². The first-order valence-corrected chi connectivity index (χ1v) is 8.68. The number of nitrogens with one attached hydrogen (secondary N) is 2. The molecule has 0 bridgehead atoms. The van der Waals surface area contributed by atoms with Gasteiger partial charge in [0.1, 0.15) is 0 Å². The summed E-state index contributed by atoms with van der Waals surface area (Å²) in [5.41, 5.74) is 4.59. The van der Waals surface area contributed by atoms with E-state index in [0.29, 0.717) is 11.4 Å². The molecule has 0 unspecified atom stereocenters. The molecule has 3 N–H and O–H groups in total. The summed E-state index contributed by atoms with van der Waals surface area (Å²) in [4.78, 5) is 21.5. The number of amides is 1. The molecule has 3 heterocycles. The van der Waals surface area contributed by atoms with Crippen molar-refractivity contribution in [1.29, 1.82) is 0 Å². The molecule has 25 heavy (non-hydrogen) atoms. The van der Waals surface area contributed by atoms with E-state index in [1.165, 1.54) is 16.9 Å². The number of carbonyl (C=O) groups excluding carboxylic acids is 1. The fourth-order valence-electron chi connectivity index (χ4n) is 2.36. The number of aromatic nitrogens is 2. The zero-order valence-corrected chi connectivity index (χ0v) is 14.3. The highest BCUT2D eigenvalue weighted by Crippen LogP contribution is 2.26. The van der Waals surface area contributed by atoms with Crippen molar-refractivity contribution in [1.82, 2.24) is 20.8 Å². The highest BCUT2D eigenvalue weighted by atomic mass is 32.1. The van der Waals surface area contributed by atoms with Crippen LogP contribution in [-0.4, -0.2) is 27.6 Å². The smallest absolute Gasteiger partial charge is 0.284 e. The van der Waals surface area contributed by atoms with Crippen LogP contribution in [0.3, 0.4) is 0 Å². The van der Waals surface area contributed by atoms with E-state index < -0.39 is 5.91 Å². The van der Waals surface area contributed by atoms with E-state index in [0.717, 1.165) is 29.2 Å². The second-order valence-corrected chi connectivity index (χ2v) is 6.49. The van der Waals surface area contributed by atoms with Crippen LogP contribution < -0.4 is 10.8 Å². The van der Waals surface area contributed by atoms with Gasteiger partial charge in [0.05, 0.1) is 21.1 Å². The molecule has 0 spiro atoms. The van der Waals surface area contributed by atoms with Crippen molar-refractivity contribution in [3.05, 3.63) is 71.0 Å². The van der Waals surface area contributed by atoms with Crippen molar-refractivity contribution < 1.29 is 10.0 Å². The molecule has 0 fully saturated rings. The highest BCUT2D eigenvalue weighted by Gasteiger charge is 2.10. The van der Waals surface area contributed by atoms with Crippen LogP contribution in [0.15, 0.2) is 54.9 Å². The summed E-state index contributed by atoms with van der Waals surface area (Å²) in [6, 6.07) is 13.3. The largest absolute Gasteiger partial charge is 0.311 e. The zero-order chi connectivity index (χ0) is 17.5. The predicted octanol–water partition coefficient (Wildman–Crippen LogP) is 2.66. The molecule has 3 aromatic rings. The third-order valence-corrected chi connectivity index (χ3v) is 4.72. The fourth-order valence-corrected chi connectivity index (χ4v) is 3.23. The SMILES string of the molecule is O=C(NO)c1ccc(-c2cccc(CNCCc3cccnc3)n2)s1.